The molecular weight excluding hydrogens is 260 g/mol. The zero-order valence-electron chi connectivity index (χ0n) is 11.6. The van der Waals surface area contributed by atoms with Gasteiger partial charge in [-0.1, -0.05) is 6.07 Å². The highest BCUT2D eigenvalue weighted by Gasteiger charge is 2.16. The van der Waals surface area contributed by atoms with Crippen LogP contribution in [0.15, 0.2) is 18.2 Å². The van der Waals surface area contributed by atoms with Crippen molar-refractivity contribution in [2.24, 2.45) is 0 Å². The second-order valence-electron chi connectivity index (χ2n) is 4.44. The van der Waals surface area contributed by atoms with Crippen LogP contribution in [0.3, 0.4) is 0 Å². The van der Waals surface area contributed by atoms with Crippen LogP contribution in [0, 0.1) is 0 Å². The molecule has 0 bridgehead atoms. The fraction of sp³-hybridized carbons (Fsp3) is 0.500. The molecule has 6 nitrogen and oxygen atoms in total. The average Bonchev–Trinajstić information content (AvgIpc) is 2.47. The number of anilines is 2. The van der Waals surface area contributed by atoms with Gasteiger partial charge in [0.1, 0.15) is 0 Å². The van der Waals surface area contributed by atoms with Crippen LogP contribution in [-0.2, 0) is 14.2 Å². The molecule has 0 radical (unpaired) electrons. The van der Waals surface area contributed by atoms with E-state index in [2.05, 4.69) is 5.32 Å². The van der Waals surface area contributed by atoms with Crippen molar-refractivity contribution in [3.8, 4) is 0 Å². The maximum atomic E-state index is 11.7. The maximum Gasteiger partial charge on any atom is 0.340 e. The van der Waals surface area contributed by atoms with Gasteiger partial charge in [-0.15, -0.1) is 0 Å². The molecule has 0 spiro atoms. The number of benzene rings is 1. The quantitative estimate of drug-likeness (QED) is 0.624. The first-order chi connectivity index (χ1) is 9.72. The Kier molecular flexibility index (Phi) is 5.20. The van der Waals surface area contributed by atoms with Crippen LogP contribution in [0.2, 0.25) is 0 Å². The van der Waals surface area contributed by atoms with Gasteiger partial charge in [-0.05, 0) is 19.1 Å². The molecule has 0 aliphatic carbocycles. The van der Waals surface area contributed by atoms with Gasteiger partial charge >= 0.3 is 5.97 Å². The second kappa shape index (κ2) is 7.12. The van der Waals surface area contributed by atoms with E-state index in [1.165, 1.54) is 0 Å². The van der Waals surface area contributed by atoms with Gasteiger partial charge in [-0.25, -0.2) is 4.79 Å². The number of nitrogens with two attached hydrogens (primary N) is 1. The monoisotopic (exact) mass is 280 g/mol. The van der Waals surface area contributed by atoms with Crippen LogP contribution in [0.4, 0.5) is 11.4 Å². The Bertz CT molecular complexity index is 458. The molecule has 0 aromatic heterocycles. The largest absolute Gasteiger partial charge is 0.462 e. The van der Waals surface area contributed by atoms with E-state index in [1.807, 2.05) is 6.07 Å². The van der Waals surface area contributed by atoms with Crippen molar-refractivity contribution in [2.75, 3.05) is 44.0 Å². The van der Waals surface area contributed by atoms with E-state index >= 15 is 0 Å². The number of para-hydroxylation sites is 1. The summed E-state index contributed by atoms with van der Waals surface area (Å²) < 4.78 is 15.8. The van der Waals surface area contributed by atoms with Gasteiger partial charge in [-0.3, -0.25) is 0 Å². The summed E-state index contributed by atoms with van der Waals surface area (Å²) in [7, 11) is 0. The van der Waals surface area contributed by atoms with Gasteiger partial charge in [0.15, 0.2) is 0 Å². The smallest absolute Gasteiger partial charge is 0.340 e. The second-order valence-corrected chi connectivity index (χ2v) is 4.44. The molecule has 3 N–H and O–H groups in total. The van der Waals surface area contributed by atoms with E-state index < -0.39 is 5.97 Å². The third-order valence-corrected chi connectivity index (χ3v) is 3.01. The SMILES string of the molecule is CCOC(=O)c1cccc(NCC2COCCO2)c1N. The molecule has 1 aliphatic heterocycles. The van der Waals surface area contributed by atoms with E-state index in [1.54, 1.807) is 19.1 Å². The summed E-state index contributed by atoms with van der Waals surface area (Å²) in [4.78, 5) is 11.7. The number of carbonyl (C=O) groups is 1. The van der Waals surface area contributed by atoms with Gasteiger partial charge < -0.3 is 25.3 Å². The fourth-order valence-electron chi connectivity index (χ4n) is 1.98. The van der Waals surface area contributed by atoms with Crippen molar-refractivity contribution in [1.29, 1.82) is 0 Å². The molecule has 6 heteroatoms. The predicted molar refractivity (Wildman–Crippen MR) is 75.9 cm³/mol. The first kappa shape index (κ1) is 14.6. The minimum Gasteiger partial charge on any atom is -0.462 e. The molecule has 1 saturated heterocycles. The standard InChI is InChI=1S/C14H20N2O4/c1-2-19-14(17)11-4-3-5-12(13(11)15)16-8-10-9-18-6-7-20-10/h3-5,10,16H,2,6-9,15H2,1H3. The summed E-state index contributed by atoms with van der Waals surface area (Å²) in [6, 6.07) is 5.24. The summed E-state index contributed by atoms with van der Waals surface area (Å²) in [5.74, 6) is -0.411. The lowest BCUT2D eigenvalue weighted by Crippen LogP contribution is -2.34. The van der Waals surface area contributed by atoms with Crippen molar-refractivity contribution in [3.63, 3.8) is 0 Å². The summed E-state index contributed by atoms with van der Waals surface area (Å²) in [6.07, 6.45) is -0.00519. The van der Waals surface area contributed by atoms with E-state index in [4.69, 9.17) is 19.9 Å². The van der Waals surface area contributed by atoms with Gasteiger partial charge in [0.05, 0.1) is 49.5 Å². The molecule has 2 rings (SSSR count). The maximum absolute atomic E-state index is 11.7. The first-order valence-electron chi connectivity index (χ1n) is 6.71. The predicted octanol–water partition coefficient (Wildman–Crippen LogP) is 1.27. The molecule has 1 atom stereocenters. The number of nitrogens with one attached hydrogen (secondary N) is 1. The molecule has 1 aromatic rings. The van der Waals surface area contributed by atoms with Crippen LogP contribution >= 0.6 is 0 Å². The third kappa shape index (κ3) is 3.61. The number of hydrogen-bond donors (Lipinski definition) is 2. The van der Waals surface area contributed by atoms with Crippen molar-refractivity contribution >= 4 is 17.3 Å². The van der Waals surface area contributed by atoms with Crippen LogP contribution in [0.5, 0.6) is 0 Å². The number of rotatable bonds is 5. The van der Waals surface area contributed by atoms with Crippen LogP contribution in [0.25, 0.3) is 0 Å². The number of nitrogen functional groups attached to an aromatic ring is 1. The van der Waals surface area contributed by atoms with Gasteiger partial charge in [-0.2, -0.15) is 0 Å². The van der Waals surface area contributed by atoms with Crippen LogP contribution in [0.1, 0.15) is 17.3 Å². The number of carbonyl (C=O) groups excluding carboxylic acids is 1. The van der Waals surface area contributed by atoms with Gasteiger partial charge in [0, 0.05) is 6.54 Å². The van der Waals surface area contributed by atoms with Crippen molar-refractivity contribution in [3.05, 3.63) is 23.8 Å². The summed E-state index contributed by atoms with van der Waals surface area (Å²) >= 11 is 0. The topological polar surface area (TPSA) is 82.8 Å². The Morgan fingerprint density at radius 1 is 1.50 bits per heavy atom. The number of ether oxygens (including phenoxy) is 3. The Morgan fingerprint density at radius 3 is 3.05 bits per heavy atom. The zero-order chi connectivity index (χ0) is 14.4. The van der Waals surface area contributed by atoms with Gasteiger partial charge in [0.2, 0.25) is 0 Å². The van der Waals surface area contributed by atoms with E-state index in [-0.39, 0.29) is 6.10 Å². The van der Waals surface area contributed by atoms with Crippen molar-refractivity contribution in [1.82, 2.24) is 0 Å². The number of esters is 1. The Labute approximate surface area is 118 Å². The minimum absolute atomic E-state index is 0.00519. The number of hydrogen-bond acceptors (Lipinski definition) is 6. The Balaban J connectivity index is 2.00. The molecular formula is C14H20N2O4. The molecule has 20 heavy (non-hydrogen) atoms. The highest BCUT2D eigenvalue weighted by atomic mass is 16.6. The molecule has 1 aliphatic rings. The lowest BCUT2D eigenvalue weighted by Gasteiger charge is -2.24. The van der Waals surface area contributed by atoms with Gasteiger partial charge in [0.25, 0.3) is 0 Å². The fourth-order valence-corrected chi connectivity index (χ4v) is 1.98. The molecule has 1 fully saturated rings. The minimum atomic E-state index is -0.411. The molecule has 0 saturated carbocycles. The molecule has 0 amide bonds. The molecule has 1 heterocycles. The van der Waals surface area contributed by atoms with Crippen LogP contribution < -0.4 is 11.1 Å². The highest BCUT2D eigenvalue weighted by molar-refractivity contribution is 5.98. The summed E-state index contributed by atoms with van der Waals surface area (Å²) in [6.45, 7) is 4.46. The average molecular weight is 280 g/mol. The van der Waals surface area contributed by atoms with Crippen molar-refractivity contribution < 1.29 is 19.0 Å². The lowest BCUT2D eigenvalue weighted by atomic mass is 10.1. The van der Waals surface area contributed by atoms with Crippen molar-refractivity contribution in [2.45, 2.75) is 13.0 Å². The first-order valence-corrected chi connectivity index (χ1v) is 6.71. The normalized spacial score (nSPS) is 18.6. The Hall–Kier alpha value is -1.79. The highest BCUT2D eigenvalue weighted by Crippen LogP contribution is 2.23. The zero-order valence-corrected chi connectivity index (χ0v) is 11.6. The third-order valence-electron chi connectivity index (χ3n) is 3.01. The molecule has 1 aromatic carbocycles. The molecule has 110 valence electrons. The van der Waals surface area contributed by atoms with Crippen LogP contribution in [-0.4, -0.2) is 45.0 Å². The summed E-state index contributed by atoms with van der Waals surface area (Å²) in [5, 5.41) is 3.18. The summed E-state index contributed by atoms with van der Waals surface area (Å²) in [5.41, 5.74) is 7.46. The Morgan fingerprint density at radius 2 is 2.35 bits per heavy atom. The van der Waals surface area contributed by atoms with E-state index in [0.29, 0.717) is 49.9 Å². The molecule has 1 unspecified atom stereocenters. The lowest BCUT2D eigenvalue weighted by molar-refractivity contribution is -0.0818. The van der Waals surface area contributed by atoms with E-state index in [0.717, 1.165) is 0 Å². The van der Waals surface area contributed by atoms with E-state index in [9.17, 15) is 4.79 Å².